The molecule has 1 rings (SSSR count). The van der Waals surface area contributed by atoms with Gasteiger partial charge in [0.25, 0.3) is 0 Å². The van der Waals surface area contributed by atoms with Gasteiger partial charge in [0.1, 0.15) is 0 Å². The second-order valence-electron chi connectivity index (χ2n) is 5.08. The SMILES string of the molecule is C#CCN(C)C1CCC1CNCC(C)C. The number of hydrogen-bond acceptors (Lipinski definition) is 2. The van der Waals surface area contributed by atoms with E-state index in [4.69, 9.17) is 6.42 Å². The van der Waals surface area contributed by atoms with Crippen molar-refractivity contribution in [2.75, 3.05) is 26.7 Å². The summed E-state index contributed by atoms with van der Waals surface area (Å²) in [6.07, 6.45) is 7.99. The minimum atomic E-state index is 0.709. The van der Waals surface area contributed by atoms with Crippen molar-refractivity contribution in [3.05, 3.63) is 0 Å². The largest absolute Gasteiger partial charge is 0.316 e. The molecule has 0 aromatic carbocycles. The van der Waals surface area contributed by atoms with Crippen molar-refractivity contribution in [1.82, 2.24) is 10.2 Å². The highest BCUT2D eigenvalue weighted by Gasteiger charge is 2.32. The fourth-order valence-electron chi connectivity index (χ4n) is 2.19. The van der Waals surface area contributed by atoms with Gasteiger partial charge in [0.05, 0.1) is 6.54 Å². The molecule has 1 saturated carbocycles. The van der Waals surface area contributed by atoms with E-state index in [2.05, 4.69) is 37.0 Å². The minimum absolute atomic E-state index is 0.709. The molecule has 0 spiro atoms. The van der Waals surface area contributed by atoms with Gasteiger partial charge in [-0.25, -0.2) is 0 Å². The Morgan fingerprint density at radius 2 is 2.20 bits per heavy atom. The molecule has 86 valence electrons. The molecule has 0 radical (unpaired) electrons. The van der Waals surface area contributed by atoms with Gasteiger partial charge >= 0.3 is 0 Å². The Bertz CT molecular complexity index is 217. The van der Waals surface area contributed by atoms with Crippen LogP contribution in [0, 0.1) is 24.2 Å². The normalized spacial score (nSPS) is 25.3. The predicted molar refractivity (Wildman–Crippen MR) is 65.7 cm³/mol. The number of terminal acetylenes is 1. The molecule has 0 aromatic heterocycles. The predicted octanol–water partition coefficient (Wildman–Crippen LogP) is 1.58. The standard InChI is InChI=1S/C13H24N2/c1-5-8-15(4)13-7-6-12(13)10-14-9-11(2)3/h1,11-14H,6-10H2,2-4H3. The molecule has 2 nitrogen and oxygen atoms in total. The summed E-state index contributed by atoms with van der Waals surface area (Å²) in [6.45, 7) is 7.55. The van der Waals surface area contributed by atoms with E-state index < -0.39 is 0 Å². The summed E-state index contributed by atoms with van der Waals surface area (Å²) in [4.78, 5) is 2.31. The number of hydrogen-bond donors (Lipinski definition) is 1. The van der Waals surface area contributed by atoms with Gasteiger partial charge in [0.2, 0.25) is 0 Å². The molecule has 1 fully saturated rings. The van der Waals surface area contributed by atoms with Crippen LogP contribution in [0.2, 0.25) is 0 Å². The summed E-state index contributed by atoms with van der Waals surface area (Å²) in [6, 6.07) is 0.709. The van der Waals surface area contributed by atoms with Crippen LogP contribution in [0.25, 0.3) is 0 Å². The van der Waals surface area contributed by atoms with E-state index >= 15 is 0 Å². The summed E-state index contributed by atoms with van der Waals surface area (Å²) in [5.74, 6) is 4.27. The van der Waals surface area contributed by atoms with Crippen LogP contribution in [0.3, 0.4) is 0 Å². The first-order chi connectivity index (χ1) is 7.15. The third-order valence-corrected chi connectivity index (χ3v) is 3.24. The van der Waals surface area contributed by atoms with Crippen molar-refractivity contribution in [3.63, 3.8) is 0 Å². The first-order valence-corrected chi connectivity index (χ1v) is 5.99. The van der Waals surface area contributed by atoms with Crippen molar-refractivity contribution in [2.24, 2.45) is 11.8 Å². The van der Waals surface area contributed by atoms with E-state index in [-0.39, 0.29) is 0 Å². The van der Waals surface area contributed by atoms with Gasteiger partial charge in [-0.05, 0) is 44.8 Å². The quantitative estimate of drug-likeness (QED) is 0.667. The maximum Gasteiger partial charge on any atom is 0.0598 e. The van der Waals surface area contributed by atoms with Gasteiger partial charge in [0.15, 0.2) is 0 Å². The van der Waals surface area contributed by atoms with E-state index in [1.165, 1.54) is 12.8 Å². The molecule has 0 saturated heterocycles. The molecule has 0 amide bonds. The van der Waals surface area contributed by atoms with Gasteiger partial charge in [-0.1, -0.05) is 19.8 Å². The second-order valence-corrected chi connectivity index (χ2v) is 5.08. The van der Waals surface area contributed by atoms with Gasteiger partial charge in [-0.3, -0.25) is 4.90 Å². The third kappa shape index (κ3) is 3.85. The first kappa shape index (κ1) is 12.5. The van der Waals surface area contributed by atoms with E-state index in [9.17, 15) is 0 Å². The minimum Gasteiger partial charge on any atom is -0.316 e. The lowest BCUT2D eigenvalue weighted by molar-refractivity contribution is 0.0946. The molecular weight excluding hydrogens is 184 g/mol. The molecule has 15 heavy (non-hydrogen) atoms. The maximum atomic E-state index is 5.32. The van der Waals surface area contributed by atoms with Gasteiger partial charge in [0, 0.05) is 6.04 Å². The van der Waals surface area contributed by atoms with Crippen LogP contribution >= 0.6 is 0 Å². The van der Waals surface area contributed by atoms with Gasteiger partial charge in [-0.2, -0.15) is 0 Å². The van der Waals surface area contributed by atoms with Crippen LogP contribution in [0.4, 0.5) is 0 Å². The zero-order valence-corrected chi connectivity index (χ0v) is 10.3. The number of nitrogens with one attached hydrogen (secondary N) is 1. The Morgan fingerprint density at radius 1 is 1.47 bits per heavy atom. The summed E-state index contributed by atoms with van der Waals surface area (Å²) < 4.78 is 0. The molecule has 0 aliphatic heterocycles. The molecule has 0 heterocycles. The Labute approximate surface area is 94.4 Å². The highest BCUT2D eigenvalue weighted by Crippen LogP contribution is 2.30. The zero-order chi connectivity index (χ0) is 11.3. The molecule has 2 heteroatoms. The van der Waals surface area contributed by atoms with E-state index in [1.807, 2.05) is 0 Å². The molecule has 0 aromatic rings. The molecule has 2 atom stereocenters. The summed E-state index contributed by atoms with van der Waals surface area (Å²) in [5.41, 5.74) is 0. The average molecular weight is 208 g/mol. The van der Waals surface area contributed by atoms with Crippen LogP contribution < -0.4 is 5.32 Å². The van der Waals surface area contributed by atoms with Crippen molar-refractivity contribution in [2.45, 2.75) is 32.7 Å². The highest BCUT2D eigenvalue weighted by atomic mass is 15.1. The van der Waals surface area contributed by atoms with Crippen LogP contribution in [-0.2, 0) is 0 Å². The lowest BCUT2D eigenvalue weighted by Gasteiger charge is -2.42. The summed E-state index contributed by atoms with van der Waals surface area (Å²) in [7, 11) is 2.14. The first-order valence-electron chi connectivity index (χ1n) is 5.99. The van der Waals surface area contributed by atoms with Crippen LogP contribution in [0.15, 0.2) is 0 Å². The molecule has 0 bridgehead atoms. The monoisotopic (exact) mass is 208 g/mol. The van der Waals surface area contributed by atoms with Crippen molar-refractivity contribution in [3.8, 4) is 12.3 Å². The van der Waals surface area contributed by atoms with Crippen molar-refractivity contribution < 1.29 is 0 Å². The molecule has 2 unspecified atom stereocenters. The maximum absolute atomic E-state index is 5.32. The number of rotatable bonds is 6. The Kier molecular flexibility index (Phi) is 5.14. The third-order valence-electron chi connectivity index (χ3n) is 3.24. The second kappa shape index (κ2) is 6.15. The van der Waals surface area contributed by atoms with Crippen LogP contribution in [0.5, 0.6) is 0 Å². The average Bonchev–Trinajstić information content (AvgIpc) is 2.10. The fourth-order valence-corrected chi connectivity index (χ4v) is 2.19. The lowest BCUT2D eigenvalue weighted by atomic mass is 9.78. The molecule has 1 aliphatic carbocycles. The molecule has 1 aliphatic rings. The zero-order valence-electron chi connectivity index (χ0n) is 10.3. The van der Waals surface area contributed by atoms with Gasteiger partial charge in [-0.15, -0.1) is 6.42 Å². The van der Waals surface area contributed by atoms with Crippen LogP contribution in [0.1, 0.15) is 26.7 Å². The molecular formula is C13H24N2. The van der Waals surface area contributed by atoms with E-state index in [1.54, 1.807) is 0 Å². The van der Waals surface area contributed by atoms with Crippen LogP contribution in [-0.4, -0.2) is 37.6 Å². The van der Waals surface area contributed by atoms with Gasteiger partial charge < -0.3 is 5.32 Å². The number of nitrogens with zero attached hydrogens (tertiary/aromatic N) is 1. The lowest BCUT2D eigenvalue weighted by Crippen LogP contribution is -2.49. The van der Waals surface area contributed by atoms with Crippen molar-refractivity contribution in [1.29, 1.82) is 0 Å². The summed E-state index contributed by atoms with van der Waals surface area (Å²) in [5, 5.41) is 3.54. The van der Waals surface area contributed by atoms with E-state index in [0.717, 1.165) is 31.5 Å². The highest BCUT2D eigenvalue weighted by molar-refractivity contribution is 4.95. The Morgan fingerprint density at radius 3 is 2.67 bits per heavy atom. The molecule has 1 N–H and O–H groups in total. The van der Waals surface area contributed by atoms with E-state index in [0.29, 0.717) is 6.04 Å². The smallest absolute Gasteiger partial charge is 0.0598 e. The Hall–Kier alpha value is -0.520. The summed E-state index contributed by atoms with van der Waals surface area (Å²) >= 11 is 0. The topological polar surface area (TPSA) is 15.3 Å². The van der Waals surface area contributed by atoms with Crippen molar-refractivity contribution >= 4 is 0 Å². The fraction of sp³-hybridized carbons (Fsp3) is 0.846. The Balaban J connectivity index is 2.18.